The predicted molar refractivity (Wildman–Crippen MR) is 108 cm³/mol. The van der Waals surface area contributed by atoms with E-state index < -0.39 is 8.32 Å². The highest BCUT2D eigenvalue weighted by molar-refractivity contribution is 6.73. The van der Waals surface area contributed by atoms with E-state index in [0.29, 0.717) is 6.05 Å². The van der Waals surface area contributed by atoms with Gasteiger partial charge in [0.15, 0.2) is 8.32 Å². The maximum absolute atomic E-state index is 8.69. The van der Waals surface area contributed by atoms with E-state index in [4.69, 9.17) is 5.80 Å². The molecule has 0 aromatic heterocycles. The molecule has 2 aromatic rings. The third-order valence-corrected chi connectivity index (χ3v) is 9.51. The molecule has 1 unspecified atom stereocenters. The van der Waals surface area contributed by atoms with Crippen LogP contribution in [0.5, 0.6) is 0 Å². The minimum atomic E-state index is -1.79. The van der Waals surface area contributed by atoms with E-state index >= 15 is 0 Å². The summed E-state index contributed by atoms with van der Waals surface area (Å²) in [7, 11) is -1.79. The van der Waals surface area contributed by atoms with Gasteiger partial charge >= 0.3 is 0 Å². The molecule has 2 heteroatoms. The van der Waals surface area contributed by atoms with Crippen molar-refractivity contribution in [2.75, 3.05) is 0 Å². The summed E-state index contributed by atoms with van der Waals surface area (Å²) in [5.41, 5.74) is 3.08. The Morgan fingerprint density at radius 1 is 0.958 bits per heavy atom. The molecule has 0 radical (unpaired) electrons. The lowest BCUT2D eigenvalue weighted by Crippen LogP contribution is -2.37. The molecule has 1 atom stereocenters. The van der Waals surface area contributed by atoms with Gasteiger partial charge in [-0.2, -0.15) is 0 Å². The minimum absolute atomic E-state index is 0.138. The second kappa shape index (κ2) is 9.00. The van der Waals surface area contributed by atoms with Crippen molar-refractivity contribution in [3.05, 3.63) is 77.4 Å². The molecule has 128 valence electrons. The van der Waals surface area contributed by atoms with Crippen LogP contribution in [0.3, 0.4) is 0 Å². The van der Waals surface area contributed by atoms with Crippen LogP contribution in [0.2, 0.25) is 18.1 Å². The molecular formula is C22H30OSi. The summed E-state index contributed by atoms with van der Waals surface area (Å²) in [4.78, 5) is 0. The van der Waals surface area contributed by atoms with E-state index in [2.05, 4.69) is 45.0 Å². The molecule has 2 aromatic carbocycles. The minimum Gasteiger partial charge on any atom is -0.406 e. The highest BCUT2D eigenvalue weighted by atomic mass is 28.4. The van der Waals surface area contributed by atoms with Crippen LogP contribution >= 0.6 is 0 Å². The van der Waals surface area contributed by atoms with Crippen molar-refractivity contribution in [3.8, 4) is 0 Å². The molecule has 0 heterocycles. The van der Waals surface area contributed by atoms with Gasteiger partial charge in [-0.1, -0.05) is 87.5 Å². The first kappa shape index (κ1) is 17.2. The van der Waals surface area contributed by atoms with Crippen LogP contribution in [0, 0.1) is 0 Å². The highest BCUT2D eigenvalue weighted by Crippen LogP contribution is 2.34. The summed E-state index contributed by atoms with van der Waals surface area (Å²) >= 11 is 0. The largest absolute Gasteiger partial charge is 0.406 e. The summed E-state index contributed by atoms with van der Waals surface area (Å²) < 4.78 is 15.5. The number of benzene rings is 2. The average Bonchev–Trinajstić information content (AvgIpc) is 2.70. The molecule has 0 N–H and O–H groups in total. The zero-order valence-electron chi connectivity index (χ0n) is 16.4. The Morgan fingerprint density at radius 2 is 1.46 bits per heavy atom. The number of hydrogen-bond acceptors (Lipinski definition) is 1. The first-order valence-electron chi connectivity index (χ1n) is 9.52. The topological polar surface area (TPSA) is 9.23 Å². The summed E-state index contributed by atoms with van der Waals surface area (Å²) in [6, 6.07) is 24.2. The van der Waals surface area contributed by atoms with Crippen molar-refractivity contribution in [1.29, 1.82) is 0 Å². The lowest BCUT2D eigenvalue weighted by molar-refractivity contribution is 0.227. The molecule has 0 saturated heterocycles. The summed E-state index contributed by atoms with van der Waals surface area (Å²) in [5, 5.41) is 0. The molecular weight excluding hydrogens is 308 g/mol. The van der Waals surface area contributed by atoms with Gasteiger partial charge in [-0.3, -0.25) is 0 Å². The third kappa shape index (κ3) is 4.68. The Kier molecular flexibility index (Phi) is 6.45. The van der Waals surface area contributed by atoms with Gasteiger partial charge in [0.2, 0.25) is 0 Å². The molecule has 0 aliphatic carbocycles. The molecule has 0 bridgehead atoms. The maximum atomic E-state index is 8.69. The fraction of sp³-hybridized carbons (Fsp3) is 0.364. The molecule has 24 heavy (non-hydrogen) atoms. The van der Waals surface area contributed by atoms with Crippen LogP contribution in [-0.2, 0) is 4.43 Å². The Bertz CT molecular complexity index is 669. The molecule has 0 aliphatic heterocycles. The fourth-order valence-electron chi connectivity index (χ4n) is 3.10. The zero-order chi connectivity index (χ0) is 18.3. The summed E-state index contributed by atoms with van der Waals surface area (Å²) in [6.45, 7) is 8.80. The Labute approximate surface area is 149 Å². The zero-order valence-corrected chi connectivity index (χ0v) is 16.4. The molecule has 0 amide bonds. The second-order valence-corrected chi connectivity index (χ2v) is 11.0. The Morgan fingerprint density at radius 3 is 1.96 bits per heavy atom. The van der Waals surface area contributed by atoms with Gasteiger partial charge in [-0.25, -0.2) is 0 Å². The van der Waals surface area contributed by atoms with E-state index in [1.54, 1.807) is 0 Å². The fourth-order valence-corrected chi connectivity index (χ4v) is 5.91. The SMILES string of the molecule is [2H]/C(=C(/C)C(O[Si](CC)(CC)CC)c1ccccc1)c1ccccc1. The smallest absolute Gasteiger partial charge is 0.193 e. The third-order valence-electron chi connectivity index (χ3n) is 4.91. The molecule has 0 fully saturated rings. The lowest BCUT2D eigenvalue weighted by Gasteiger charge is -2.34. The normalized spacial score (nSPS) is 14.8. The first-order valence-corrected chi connectivity index (χ1v) is 11.6. The van der Waals surface area contributed by atoms with Gasteiger partial charge in [-0.15, -0.1) is 0 Å². The van der Waals surface area contributed by atoms with Gasteiger partial charge < -0.3 is 4.43 Å². The van der Waals surface area contributed by atoms with Crippen molar-refractivity contribution >= 4 is 14.4 Å². The van der Waals surface area contributed by atoms with Crippen molar-refractivity contribution < 1.29 is 5.80 Å². The van der Waals surface area contributed by atoms with Crippen molar-refractivity contribution in [3.63, 3.8) is 0 Å². The van der Waals surface area contributed by atoms with Crippen molar-refractivity contribution in [1.82, 2.24) is 0 Å². The van der Waals surface area contributed by atoms with Crippen molar-refractivity contribution in [2.24, 2.45) is 0 Å². The van der Waals surface area contributed by atoms with Crippen LogP contribution in [0.4, 0.5) is 0 Å². The molecule has 1 nitrogen and oxygen atoms in total. The molecule has 2 rings (SSSR count). The second-order valence-electron chi connectivity index (χ2n) is 6.33. The lowest BCUT2D eigenvalue weighted by atomic mass is 10.0. The standard InChI is InChI=1S/C22H30OSi/c1-5-24(6-2,7-3)23-22(21-16-12-9-13-17-21)19(4)18-20-14-10-8-11-15-20/h8-18,22H,5-7H2,1-4H3/b19-18+/i18D. The highest BCUT2D eigenvalue weighted by Gasteiger charge is 2.33. The maximum Gasteiger partial charge on any atom is 0.193 e. The van der Waals surface area contributed by atoms with Crippen LogP contribution in [0.1, 0.15) is 46.3 Å². The summed E-state index contributed by atoms with van der Waals surface area (Å²) in [5.74, 6) is 0. The monoisotopic (exact) mass is 339 g/mol. The van der Waals surface area contributed by atoms with E-state index in [1.165, 1.54) is 0 Å². The van der Waals surface area contributed by atoms with Gasteiger partial charge in [0.1, 0.15) is 0 Å². The molecule has 0 saturated carbocycles. The van der Waals surface area contributed by atoms with E-state index in [0.717, 1.165) is 34.8 Å². The van der Waals surface area contributed by atoms with Crippen LogP contribution < -0.4 is 0 Å². The average molecular weight is 340 g/mol. The first-order chi connectivity index (χ1) is 12.1. The number of hydrogen-bond donors (Lipinski definition) is 0. The van der Waals surface area contributed by atoms with Gasteiger partial charge in [-0.05, 0) is 41.8 Å². The Balaban J connectivity index is 2.48. The van der Waals surface area contributed by atoms with Crippen LogP contribution in [0.25, 0.3) is 6.05 Å². The van der Waals surface area contributed by atoms with Gasteiger partial charge in [0.05, 0.1) is 7.47 Å². The quantitative estimate of drug-likeness (QED) is 0.478. The van der Waals surface area contributed by atoms with Gasteiger partial charge in [0.25, 0.3) is 0 Å². The van der Waals surface area contributed by atoms with Crippen molar-refractivity contribution in [2.45, 2.75) is 51.9 Å². The predicted octanol–water partition coefficient (Wildman–Crippen LogP) is 6.85. The summed E-state index contributed by atoms with van der Waals surface area (Å²) in [6.07, 6.45) is -0.138. The molecule has 0 spiro atoms. The van der Waals surface area contributed by atoms with Crippen LogP contribution in [0.15, 0.2) is 66.2 Å². The molecule has 0 aliphatic rings. The number of rotatable bonds is 8. The van der Waals surface area contributed by atoms with Crippen LogP contribution in [-0.4, -0.2) is 8.32 Å². The van der Waals surface area contributed by atoms with E-state index in [9.17, 15) is 0 Å². The van der Waals surface area contributed by atoms with E-state index in [1.807, 2.05) is 43.3 Å². The van der Waals surface area contributed by atoms with Gasteiger partial charge in [0, 0.05) is 0 Å². The van der Waals surface area contributed by atoms with E-state index in [-0.39, 0.29) is 6.10 Å². The Hall–Kier alpha value is -1.64.